The van der Waals surface area contributed by atoms with Gasteiger partial charge >= 0.3 is 0 Å². The van der Waals surface area contributed by atoms with E-state index < -0.39 is 0 Å². The van der Waals surface area contributed by atoms with E-state index >= 15 is 0 Å². The van der Waals surface area contributed by atoms with Gasteiger partial charge in [0.25, 0.3) is 0 Å². The molecule has 0 aliphatic carbocycles. The van der Waals surface area contributed by atoms with Gasteiger partial charge in [-0.2, -0.15) is 0 Å². The minimum absolute atomic E-state index is 0.0509. The molecule has 1 amide bonds. The third-order valence-corrected chi connectivity index (χ3v) is 1.46. The zero-order valence-corrected chi connectivity index (χ0v) is 5.06. The van der Waals surface area contributed by atoms with Crippen LogP contribution in [0.3, 0.4) is 0 Å². The zero-order valence-electron chi connectivity index (χ0n) is 5.06. The molecule has 3 heteroatoms. The molecule has 2 atom stereocenters. The van der Waals surface area contributed by atoms with Gasteiger partial charge in [-0.3, -0.25) is 4.79 Å². The van der Waals surface area contributed by atoms with E-state index in [1.807, 2.05) is 6.92 Å². The second-order valence-corrected chi connectivity index (χ2v) is 2.06. The Bertz CT molecular complexity index is 113. The lowest BCUT2D eigenvalue weighted by Crippen LogP contribution is -2.66. The first-order valence-electron chi connectivity index (χ1n) is 2.73. The molecule has 1 aliphatic rings. The molecule has 1 saturated heterocycles. The van der Waals surface area contributed by atoms with Crippen molar-refractivity contribution < 1.29 is 4.79 Å². The van der Waals surface area contributed by atoms with Gasteiger partial charge in [0.15, 0.2) is 0 Å². The average molecular weight is 114 g/mol. The average Bonchev–Trinajstić information content (AvgIpc) is 1.67. The highest BCUT2D eigenvalue weighted by Gasteiger charge is 2.33. The Morgan fingerprint density at radius 2 is 2.38 bits per heavy atom. The standard InChI is InChI=1S/C5H10N2O/c1-3-4(6-2)5(8)7-3/h3-4,6H,1-2H3,(H,7,8). The maximum absolute atomic E-state index is 10.5. The summed E-state index contributed by atoms with van der Waals surface area (Å²) in [7, 11) is 1.79. The van der Waals surface area contributed by atoms with E-state index in [9.17, 15) is 4.79 Å². The highest BCUT2D eigenvalue weighted by atomic mass is 16.2. The van der Waals surface area contributed by atoms with Crippen molar-refractivity contribution >= 4 is 5.91 Å². The topological polar surface area (TPSA) is 41.1 Å². The second-order valence-electron chi connectivity index (χ2n) is 2.06. The van der Waals surface area contributed by atoms with Gasteiger partial charge in [0, 0.05) is 0 Å². The number of hydrogen-bond acceptors (Lipinski definition) is 2. The number of carbonyl (C=O) groups is 1. The lowest BCUT2D eigenvalue weighted by atomic mass is 10.0. The van der Waals surface area contributed by atoms with Crippen LogP contribution in [0.15, 0.2) is 0 Å². The Labute approximate surface area is 48.5 Å². The lowest BCUT2D eigenvalue weighted by molar-refractivity contribution is -0.130. The van der Waals surface area contributed by atoms with Crippen molar-refractivity contribution in [1.82, 2.24) is 10.6 Å². The third kappa shape index (κ3) is 0.591. The van der Waals surface area contributed by atoms with Gasteiger partial charge in [0.05, 0.1) is 6.04 Å². The quantitative estimate of drug-likeness (QED) is 0.433. The fourth-order valence-corrected chi connectivity index (χ4v) is 0.909. The molecule has 0 aromatic carbocycles. The molecule has 0 bridgehead atoms. The van der Waals surface area contributed by atoms with Gasteiger partial charge in [-0.15, -0.1) is 0 Å². The summed E-state index contributed by atoms with van der Waals surface area (Å²) in [6.45, 7) is 1.97. The van der Waals surface area contributed by atoms with Crippen LogP contribution in [0.25, 0.3) is 0 Å². The SMILES string of the molecule is CNC1C(=O)NC1C. The first-order valence-corrected chi connectivity index (χ1v) is 2.73. The monoisotopic (exact) mass is 114 g/mol. The Morgan fingerprint density at radius 1 is 1.75 bits per heavy atom. The van der Waals surface area contributed by atoms with Crippen LogP contribution in [0.2, 0.25) is 0 Å². The van der Waals surface area contributed by atoms with Crippen LogP contribution in [0.5, 0.6) is 0 Å². The Morgan fingerprint density at radius 3 is 2.50 bits per heavy atom. The highest BCUT2D eigenvalue weighted by molar-refractivity contribution is 5.88. The fourth-order valence-electron chi connectivity index (χ4n) is 0.909. The highest BCUT2D eigenvalue weighted by Crippen LogP contribution is 2.02. The van der Waals surface area contributed by atoms with Crippen molar-refractivity contribution in [2.75, 3.05) is 7.05 Å². The molecule has 0 radical (unpaired) electrons. The van der Waals surface area contributed by atoms with Crippen LogP contribution in [0, 0.1) is 0 Å². The van der Waals surface area contributed by atoms with E-state index in [2.05, 4.69) is 10.6 Å². The van der Waals surface area contributed by atoms with Crippen molar-refractivity contribution in [3.8, 4) is 0 Å². The molecule has 2 unspecified atom stereocenters. The molecule has 3 nitrogen and oxygen atoms in total. The number of hydrogen-bond donors (Lipinski definition) is 2. The van der Waals surface area contributed by atoms with Gasteiger partial charge in [0.1, 0.15) is 6.04 Å². The third-order valence-electron chi connectivity index (χ3n) is 1.46. The van der Waals surface area contributed by atoms with Gasteiger partial charge in [0.2, 0.25) is 5.91 Å². The Balaban J connectivity index is 2.40. The number of carbonyl (C=O) groups excluding carboxylic acids is 1. The van der Waals surface area contributed by atoms with Gasteiger partial charge in [-0.25, -0.2) is 0 Å². The van der Waals surface area contributed by atoms with Crippen LogP contribution in [-0.2, 0) is 4.79 Å². The maximum atomic E-state index is 10.5. The molecular formula is C5H10N2O. The zero-order chi connectivity index (χ0) is 6.15. The summed E-state index contributed by atoms with van der Waals surface area (Å²) in [5.74, 6) is 0.111. The minimum atomic E-state index is 0.0509. The predicted octanol–water partition coefficient (Wildman–Crippen LogP) is -0.907. The van der Waals surface area contributed by atoms with E-state index in [1.165, 1.54) is 0 Å². The molecule has 46 valence electrons. The number of amides is 1. The van der Waals surface area contributed by atoms with E-state index in [0.717, 1.165) is 0 Å². The van der Waals surface area contributed by atoms with Crippen LogP contribution in [-0.4, -0.2) is 25.0 Å². The number of rotatable bonds is 1. The van der Waals surface area contributed by atoms with E-state index in [0.29, 0.717) is 6.04 Å². The molecule has 1 heterocycles. The first-order chi connectivity index (χ1) is 3.75. The Hall–Kier alpha value is -0.570. The summed E-state index contributed by atoms with van der Waals surface area (Å²) in [5.41, 5.74) is 0. The minimum Gasteiger partial charge on any atom is -0.350 e. The van der Waals surface area contributed by atoms with E-state index in [-0.39, 0.29) is 11.9 Å². The molecule has 1 fully saturated rings. The Kier molecular flexibility index (Phi) is 1.21. The van der Waals surface area contributed by atoms with Gasteiger partial charge in [-0.05, 0) is 14.0 Å². The summed E-state index contributed by atoms with van der Waals surface area (Å²) in [6.07, 6.45) is 0. The predicted molar refractivity (Wildman–Crippen MR) is 30.5 cm³/mol. The maximum Gasteiger partial charge on any atom is 0.239 e. The first kappa shape index (κ1) is 5.56. The van der Waals surface area contributed by atoms with Crippen LogP contribution >= 0.6 is 0 Å². The molecule has 0 aromatic rings. The summed E-state index contributed by atoms with van der Waals surface area (Å²) in [4.78, 5) is 10.5. The molecular weight excluding hydrogens is 104 g/mol. The van der Waals surface area contributed by atoms with Gasteiger partial charge in [-0.1, -0.05) is 0 Å². The number of β-lactam (4-membered cyclic amide) rings is 1. The smallest absolute Gasteiger partial charge is 0.239 e. The van der Waals surface area contributed by atoms with Crippen molar-refractivity contribution in [1.29, 1.82) is 0 Å². The summed E-state index contributed by atoms with van der Waals surface area (Å²) < 4.78 is 0. The summed E-state index contributed by atoms with van der Waals surface area (Å²) in [6, 6.07) is 0.363. The van der Waals surface area contributed by atoms with Crippen LogP contribution < -0.4 is 10.6 Å². The second kappa shape index (κ2) is 1.74. The molecule has 8 heavy (non-hydrogen) atoms. The molecule has 1 rings (SSSR count). The van der Waals surface area contributed by atoms with Crippen molar-refractivity contribution in [3.05, 3.63) is 0 Å². The van der Waals surface area contributed by atoms with Crippen LogP contribution in [0.1, 0.15) is 6.92 Å². The van der Waals surface area contributed by atoms with Crippen molar-refractivity contribution in [2.24, 2.45) is 0 Å². The number of likely N-dealkylation sites (N-methyl/N-ethyl adjacent to an activating group) is 1. The number of nitrogens with one attached hydrogen (secondary N) is 2. The summed E-state index contributed by atoms with van der Waals surface area (Å²) >= 11 is 0. The van der Waals surface area contributed by atoms with Crippen LogP contribution in [0.4, 0.5) is 0 Å². The lowest BCUT2D eigenvalue weighted by Gasteiger charge is -2.33. The van der Waals surface area contributed by atoms with E-state index in [1.54, 1.807) is 7.05 Å². The molecule has 0 aromatic heterocycles. The van der Waals surface area contributed by atoms with E-state index in [4.69, 9.17) is 0 Å². The normalized spacial score (nSPS) is 36.0. The largest absolute Gasteiger partial charge is 0.350 e. The van der Waals surface area contributed by atoms with Crippen molar-refractivity contribution in [2.45, 2.75) is 19.0 Å². The summed E-state index contributed by atoms with van der Waals surface area (Å²) in [5, 5.41) is 5.59. The fraction of sp³-hybridized carbons (Fsp3) is 0.800. The van der Waals surface area contributed by atoms with Gasteiger partial charge < -0.3 is 10.6 Å². The molecule has 0 saturated carbocycles. The van der Waals surface area contributed by atoms with Crippen molar-refractivity contribution in [3.63, 3.8) is 0 Å². The molecule has 2 N–H and O–H groups in total. The molecule has 0 spiro atoms. The molecule has 1 aliphatic heterocycles.